The number of amides is 1. The molecule has 1 aliphatic rings. The van der Waals surface area contributed by atoms with Crippen molar-refractivity contribution in [2.75, 3.05) is 20.8 Å². The largest absolute Gasteiger partial charge is 0.497 e. The Bertz CT molecular complexity index is 1150. The van der Waals surface area contributed by atoms with Crippen LogP contribution in [0.4, 0.5) is 0 Å². The summed E-state index contributed by atoms with van der Waals surface area (Å²) >= 11 is 0. The third kappa shape index (κ3) is 6.53. The molecule has 3 aromatic carbocycles. The smallest absolute Gasteiger partial charge is 0.306 e. The second kappa shape index (κ2) is 11.7. The Morgan fingerprint density at radius 1 is 0.857 bits per heavy atom. The van der Waals surface area contributed by atoms with Gasteiger partial charge < -0.3 is 19.5 Å². The molecule has 0 heterocycles. The molecule has 6 nitrogen and oxygen atoms in total. The van der Waals surface area contributed by atoms with Gasteiger partial charge in [-0.2, -0.15) is 0 Å². The summed E-state index contributed by atoms with van der Waals surface area (Å²) in [7, 11) is 3.03. The summed E-state index contributed by atoms with van der Waals surface area (Å²) in [5.74, 6) is 0.889. The van der Waals surface area contributed by atoms with Gasteiger partial charge >= 0.3 is 5.97 Å². The number of carbonyl (C=O) groups excluding carboxylic acids is 2. The highest BCUT2D eigenvalue weighted by Gasteiger charge is 2.20. The molecule has 184 valence electrons. The van der Waals surface area contributed by atoms with Gasteiger partial charge in [0.15, 0.2) is 6.61 Å². The summed E-state index contributed by atoms with van der Waals surface area (Å²) in [5.41, 5.74) is 2.00. The van der Waals surface area contributed by atoms with Crippen molar-refractivity contribution in [1.29, 1.82) is 0 Å². The predicted octanol–water partition coefficient (Wildman–Crippen LogP) is 5.37. The van der Waals surface area contributed by atoms with E-state index in [1.807, 2.05) is 54.6 Å². The van der Waals surface area contributed by atoms with E-state index in [2.05, 4.69) is 11.4 Å². The summed E-state index contributed by atoms with van der Waals surface area (Å²) in [5, 5.41) is 5.12. The number of nitrogens with one attached hydrogen (secondary N) is 1. The molecular weight excluding hydrogens is 442 g/mol. The molecule has 1 unspecified atom stereocenters. The first-order valence-corrected chi connectivity index (χ1v) is 12.2. The quantitative estimate of drug-likeness (QED) is 0.421. The standard InChI is InChI=1S/C29H33NO5/c1-33-25-13-11-21(12-14-25)27(18-29(32)34-2)22-9-8-20-10-15-26(17-23(20)16-22)35-19-28(31)30-24-6-4-3-5-7-24/h8-17,24,27H,3-7,18-19H2,1-2H3,(H,30,31). The van der Waals surface area contributed by atoms with E-state index in [1.165, 1.54) is 26.4 Å². The summed E-state index contributed by atoms with van der Waals surface area (Å²) in [6, 6.07) is 20.0. The van der Waals surface area contributed by atoms with Crippen LogP contribution in [0.2, 0.25) is 0 Å². The molecule has 0 spiro atoms. The topological polar surface area (TPSA) is 73.9 Å². The van der Waals surface area contributed by atoms with Crippen LogP contribution in [0.5, 0.6) is 11.5 Å². The minimum absolute atomic E-state index is 0.00148. The number of fused-ring (bicyclic) bond motifs is 1. The third-order valence-electron chi connectivity index (χ3n) is 6.69. The van der Waals surface area contributed by atoms with Crippen LogP contribution in [0.25, 0.3) is 10.8 Å². The molecular formula is C29H33NO5. The molecule has 6 heteroatoms. The average molecular weight is 476 g/mol. The zero-order valence-electron chi connectivity index (χ0n) is 20.4. The minimum Gasteiger partial charge on any atom is -0.497 e. The van der Waals surface area contributed by atoms with Crippen LogP contribution in [-0.2, 0) is 14.3 Å². The van der Waals surface area contributed by atoms with E-state index in [4.69, 9.17) is 14.2 Å². The fraction of sp³-hybridized carbons (Fsp3) is 0.379. The van der Waals surface area contributed by atoms with Crippen molar-refractivity contribution in [3.05, 3.63) is 71.8 Å². The van der Waals surface area contributed by atoms with Crippen LogP contribution in [0.1, 0.15) is 55.6 Å². The Balaban J connectivity index is 1.51. The molecule has 1 fully saturated rings. The van der Waals surface area contributed by atoms with Crippen molar-refractivity contribution in [3.63, 3.8) is 0 Å². The van der Waals surface area contributed by atoms with Gasteiger partial charge in [-0.15, -0.1) is 0 Å². The Kier molecular flexibility index (Phi) is 8.24. The molecule has 0 aromatic heterocycles. The third-order valence-corrected chi connectivity index (χ3v) is 6.69. The van der Waals surface area contributed by atoms with Crippen molar-refractivity contribution in [2.45, 2.75) is 50.5 Å². The van der Waals surface area contributed by atoms with E-state index in [0.717, 1.165) is 40.5 Å². The first kappa shape index (κ1) is 24.6. The number of carbonyl (C=O) groups is 2. The summed E-state index contributed by atoms with van der Waals surface area (Å²) in [4.78, 5) is 24.5. The zero-order valence-corrected chi connectivity index (χ0v) is 20.4. The predicted molar refractivity (Wildman–Crippen MR) is 136 cm³/mol. The number of rotatable bonds is 9. The van der Waals surface area contributed by atoms with Gasteiger partial charge in [0.05, 0.1) is 20.6 Å². The highest BCUT2D eigenvalue weighted by molar-refractivity contribution is 5.85. The molecule has 4 rings (SSSR count). The second-order valence-corrected chi connectivity index (χ2v) is 9.07. The van der Waals surface area contributed by atoms with E-state index >= 15 is 0 Å². The summed E-state index contributed by atoms with van der Waals surface area (Å²) in [6.07, 6.45) is 5.92. The van der Waals surface area contributed by atoms with Gasteiger partial charge in [0.25, 0.3) is 5.91 Å². The van der Waals surface area contributed by atoms with Gasteiger partial charge in [0.1, 0.15) is 11.5 Å². The summed E-state index contributed by atoms with van der Waals surface area (Å²) in [6.45, 7) is -0.00148. The molecule has 0 radical (unpaired) electrons. The number of hydrogen-bond donors (Lipinski definition) is 1. The maximum absolute atomic E-state index is 12.3. The maximum atomic E-state index is 12.3. The fourth-order valence-corrected chi connectivity index (χ4v) is 4.73. The molecule has 1 atom stereocenters. The Morgan fingerprint density at radius 3 is 2.26 bits per heavy atom. The highest BCUT2D eigenvalue weighted by Crippen LogP contribution is 2.32. The van der Waals surface area contributed by atoms with Crippen LogP contribution >= 0.6 is 0 Å². The van der Waals surface area contributed by atoms with E-state index < -0.39 is 0 Å². The first-order chi connectivity index (χ1) is 17.1. The maximum Gasteiger partial charge on any atom is 0.306 e. The SMILES string of the molecule is COC(=O)CC(c1ccc(OC)cc1)c1ccc2ccc(OCC(=O)NC3CCCCC3)cc2c1. The Hall–Kier alpha value is -3.54. The van der Waals surface area contributed by atoms with E-state index in [0.29, 0.717) is 5.75 Å². The van der Waals surface area contributed by atoms with Crippen LogP contribution in [0.15, 0.2) is 60.7 Å². The number of hydrogen-bond acceptors (Lipinski definition) is 5. The molecule has 1 amide bonds. The molecule has 0 saturated heterocycles. The van der Waals surface area contributed by atoms with Crippen molar-refractivity contribution in [2.24, 2.45) is 0 Å². The van der Waals surface area contributed by atoms with Gasteiger partial charge in [-0.1, -0.05) is 55.7 Å². The van der Waals surface area contributed by atoms with Crippen molar-refractivity contribution in [3.8, 4) is 11.5 Å². The van der Waals surface area contributed by atoms with Crippen LogP contribution in [-0.4, -0.2) is 38.7 Å². The molecule has 0 bridgehead atoms. The van der Waals surface area contributed by atoms with Gasteiger partial charge in [-0.25, -0.2) is 0 Å². The highest BCUT2D eigenvalue weighted by atomic mass is 16.5. The molecule has 1 N–H and O–H groups in total. The van der Waals surface area contributed by atoms with E-state index in [9.17, 15) is 9.59 Å². The second-order valence-electron chi connectivity index (χ2n) is 9.07. The Labute approximate surface area is 206 Å². The first-order valence-electron chi connectivity index (χ1n) is 12.2. The normalized spacial score (nSPS) is 14.8. The summed E-state index contributed by atoms with van der Waals surface area (Å²) < 4.78 is 16.0. The van der Waals surface area contributed by atoms with Gasteiger partial charge in [0, 0.05) is 12.0 Å². The lowest BCUT2D eigenvalue weighted by atomic mass is 9.87. The van der Waals surface area contributed by atoms with Gasteiger partial charge in [-0.05, 0) is 59.0 Å². The van der Waals surface area contributed by atoms with Gasteiger partial charge in [0.2, 0.25) is 0 Å². The number of benzene rings is 3. The van der Waals surface area contributed by atoms with Crippen LogP contribution in [0, 0.1) is 0 Å². The molecule has 1 aliphatic carbocycles. The fourth-order valence-electron chi connectivity index (χ4n) is 4.73. The van der Waals surface area contributed by atoms with Crippen LogP contribution in [0.3, 0.4) is 0 Å². The average Bonchev–Trinajstić information content (AvgIpc) is 2.90. The van der Waals surface area contributed by atoms with E-state index in [1.54, 1.807) is 7.11 Å². The van der Waals surface area contributed by atoms with Crippen molar-refractivity contribution < 1.29 is 23.8 Å². The molecule has 0 aliphatic heterocycles. The minimum atomic E-state index is -0.271. The van der Waals surface area contributed by atoms with Crippen LogP contribution < -0.4 is 14.8 Å². The number of esters is 1. The number of methoxy groups -OCH3 is 2. The monoisotopic (exact) mass is 475 g/mol. The Morgan fingerprint density at radius 2 is 1.54 bits per heavy atom. The van der Waals surface area contributed by atoms with E-state index in [-0.39, 0.29) is 36.9 Å². The molecule has 35 heavy (non-hydrogen) atoms. The zero-order chi connectivity index (χ0) is 24.6. The van der Waals surface area contributed by atoms with Gasteiger partial charge in [-0.3, -0.25) is 9.59 Å². The molecule has 1 saturated carbocycles. The lowest BCUT2D eigenvalue weighted by molar-refractivity contribution is -0.140. The lowest BCUT2D eigenvalue weighted by Gasteiger charge is -2.22. The molecule has 3 aromatic rings. The van der Waals surface area contributed by atoms with Crippen molar-refractivity contribution in [1.82, 2.24) is 5.32 Å². The van der Waals surface area contributed by atoms with Crippen molar-refractivity contribution >= 4 is 22.6 Å². The lowest BCUT2D eigenvalue weighted by Crippen LogP contribution is -2.38. The number of ether oxygens (including phenoxy) is 3.